The van der Waals surface area contributed by atoms with Gasteiger partial charge in [-0.1, -0.05) is 0 Å². The molecular weight excluding hydrogens is 361 g/mol. The third-order valence-electron chi connectivity index (χ3n) is 4.44. The summed E-state index contributed by atoms with van der Waals surface area (Å²) in [6.45, 7) is 3.12. The van der Waals surface area contributed by atoms with Crippen LogP contribution in [0.15, 0.2) is 36.9 Å². The fourth-order valence-electron chi connectivity index (χ4n) is 3.05. The number of pyridine rings is 1. The van der Waals surface area contributed by atoms with Crippen molar-refractivity contribution in [2.24, 2.45) is 0 Å². The number of imidazole rings is 1. The zero-order valence-electron chi connectivity index (χ0n) is 15.5. The summed E-state index contributed by atoms with van der Waals surface area (Å²) in [5, 5.41) is 7.50. The van der Waals surface area contributed by atoms with Gasteiger partial charge in [0.1, 0.15) is 23.5 Å². The van der Waals surface area contributed by atoms with Crippen molar-refractivity contribution in [2.45, 2.75) is 13.0 Å². The fraction of sp³-hybridized carbons (Fsp3) is 0.263. The largest absolute Gasteiger partial charge is 0.383 e. The monoisotopic (exact) mass is 381 g/mol. The summed E-state index contributed by atoms with van der Waals surface area (Å²) >= 11 is 0. The molecule has 8 nitrogen and oxygen atoms in total. The normalized spacial score (nSPS) is 12.4. The number of nitrogens with one attached hydrogen (secondary N) is 3. The van der Waals surface area contributed by atoms with E-state index in [0.29, 0.717) is 41.5 Å². The minimum atomic E-state index is -0.316. The number of ether oxygens (including phenoxy) is 1. The Labute approximate surface area is 160 Å². The van der Waals surface area contributed by atoms with E-state index in [2.05, 4.69) is 35.6 Å². The van der Waals surface area contributed by atoms with Gasteiger partial charge in [0, 0.05) is 30.7 Å². The van der Waals surface area contributed by atoms with E-state index in [4.69, 9.17) is 4.74 Å². The third kappa shape index (κ3) is 3.56. The molecule has 1 unspecified atom stereocenters. The first-order valence-electron chi connectivity index (χ1n) is 8.89. The standard InChI is InChI=1S/C19H20FN7O/c1-11(26-19-16-18(23-9-22-16)24-10-25-19)14-7-12-3-4-13(20)8-15(12)27-17(14)21-5-6-28-2/h3-4,7-11H,5-6H2,1-2H3,(H,21,27)(H2,22,23,24,25,26). The lowest BCUT2D eigenvalue weighted by atomic mass is 10.1. The molecule has 3 N–H and O–H groups in total. The highest BCUT2D eigenvalue weighted by atomic mass is 19.1. The number of anilines is 2. The van der Waals surface area contributed by atoms with Gasteiger partial charge in [-0.05, 0) is 25.1 Å². The molecule has 28 heavy (non-hydrogen) atoms. The molecule has 0 aliphatic carbocycles. The van der Waals surface area contributed by atoms with Crippen LogP contribution in [0.5, 0.6) is 0 Å². The predicted molar refractivity (Wildman–Crippen MR) is 106 cm³/mol. The maximum atomic E-state index is 13.6. The van der Waals surface area contributed by atoms with Crippen molar-refractivity contribution in [1.82, 2.24) is 24.9 Å². The number of benzene rings is 1. The maximum Gasteiger partial charge on any atom is 0.162 e. The lowest BCUT2D eigenvalue weighted by Gasteiger charge is -2.19. The van der Waals surface area contributed by atoms with Crippen LogP contribution >= 0.6 is 0 Å². The molecule has 0 aliphatic heterocycles. The number of fused-ring (bicyclic) bond motifs is 2. The van der Waals surface area contributed by atoms with Crippen molar-refractivity contribution in [1.29, 1.82) is 0 Å². The second-order valence-corrected chi connectivity index (χ2v) is 6.37. The van der Waals surface area contributed by atoms with E-state index in [9.17, 15) is 4.39 Å². The van der Waals surface area contributed by atoms with Crippen LogP contribution < -0.4 is 10.6 Å². The van der Waals surface area contributed by atoms with Crippen LogP contribution in [0.4, 0.5) is 16.0 Å². The number of rotatable bonds is 7. The molecule has 0 aliphatic rings. The quantitative estimate of drug-likeness (QED) is 0.422. The summed E-state index contributed by atoms with van der Waals surface area (Å²) in [6.07, 6.45) is 3.06. The number of halogens is 1. The number of hydrogen-bond donors (Lipinski definition) is 3. The highest BCUT2D eigenvalue weighted by Crippen LogP contribution is 2.29. The van der Waals surface area contributed by atoms with Crippen LogP contribution in [0.2, 0.25) is 0 Å². The first-order valence-corrected chi connectivity index (χ1v) is 8.89. The van der Waals surface area contributed by atoms with Crippen molar-refractivity contribution in [3.05, 3.63) is 48.3 Å². The molecule has 0 saturated heterocycles. The van der Waals surface area contributed by atoms with Crippen molar-refractivity contribution in [3.63, 3.8) is 0 Å². The lowest BCUT2D eigenvalue weighted by molar-refractivity contribution is 0.210. The molecule has 3 heterocycles. The fourth-order valence-corrected chi connectivity index (χ4v) is 3.05. The highest BCUT2D eigenvalue weighted by Gasteiger charge is 2.16. The minimum Gasteiger partial charge on any atom is -0.383 e. The Hall–Kier alpha value is -3.33. The molecule has 0 spiro atoms. The Morgan fingerprint density at radius 3 is 2.93 bits per heavy atom. The number of aromatic nitrogens is 5. The number of methoxy groups -OCH3 is 1. The molecule has 0 radical (unpaired) electrons. The maximum absolute atomic E-state index is 13.6. The summed E-state index contributed by atoms with van der Waals surface area (Å²) < 4.78 is 18.7. The van der Waals surface area contributed by atoms with Crippen molar-refractivity contribution in [2.75, 3.05) is 30.9 Å². The van der Waals surface area contributed by atoms with Crippen LogP contribution in [-0.4, -0.2) is 45.2 Å². The molecule has 1 atom stereocenters. The molecule has 9 heteroatoms. The van der Waals surface area contributed by atoms with Crippen molar-refractivity contribution >= 4 is 33.7 Å². The molecule has 4 aromatic rings. The van der Waals surface area contributed by atoms with E-state index in [1.54, 1.807) is 19.5 Å². The molecule has 0 amide bonds. The minimum absolute atomic E-state index is 0.137. The number of nitrogens with zero attached hydrogens (tertiary/aromatic N) is 4. The van der Waals surface area contributed by atoms with Gasteiger partial charge >= 0.3 is 0 Å². The summed E-state index contributed by atoms with van der Waals surface area (Å²) in [6, 6.07) is 6.45. The average molecular weight is 381 g/mol. The van der Waals surface area contributed by atoms with Gasteiger partial charge in [-0.3, -0.25) is 0 Å². The smallest absolute Gasteiger partial charge is 0.162 e. The number of hydrogen-bond acceptors (Lipinski definition) is 7. The summed E-state index contributed by atoms with van der Waals surface area (Å²) in [5.74, 6) is 0.979. The van der Waals surface area contributed by atoms with Gasteiger partial charge in [0.15, 0.2) is 11.5 Å². The number of H-pyrrole nitrogens is 1. The van der Waals surface area contributed by atoms with Gasteiger partial charge in [0.2, 0.25) is 0 Å². The van der Waals surface area contributed by atoms with Gasteiger partial charge in [-0.15, -0.1) is 0 Å². The van der Waals surface area contributed by atoms with Gasteiger partial charge in [-0.2, -0.15) is 0 Å². The molecule has 3 aromatic heterocycles. The van der Waals surface area contributed by atoms with Gasteiger partial charge < -0.3 is 20.4 Å². The number of aromatic amines is 1. The Kier molecular flexibility index (Phi) is 4.98. The first kappa shape index (κ1) is 18.1. The molecule has 4 rings (SSSR count). The topological polar surface area (TPSA) is 101 Å². The molecule has 0 fully saturated rings. The Bertz CT molecular complexity index is 1110. The first-order chi connectivity index (χ1) is 13.7. The van der Waals surface area contributed by atoms with Gasteiger partial charge in [-0.25, -0.2) is 24.3 Å². The average Bonchev–Trinajstić information content (AvgIpc) is 3.17. The van der Waals surface area contributed by atoms with E-state index in [0.717, 1.165) is 10.9 Å². The second kappa shape index (κ2) is 7.73. The summed E-state index contributed by atoms with van der Waals surface area (Å²) in [5.41, 5.74) is 2.85. The van der Waals surface area contributed by atoms with E-state index in [1.165, 1.54) is 18.5 Å². The SMILES string of the molecule is COCCNc1nc2cc(F)ccc2cc1C(C)Nc1ncnc2[nH]cnc12. The van der Waals surface area contributed by atoms with Gasteiger partial charge in [0.25, 0.3) is 0 Å². The van der Waals surface area contributed by atoms with Crippen molar-refractivity contribution < 1.29 is 9.13 Å². The summed E-state index contributed by atoms with van der Waals surface area (Å²) in [7, 11) is 1.64. The highest BCUT2D eigenvalue weighted by molar-refractivity contribution is 5.84. The van der Waals surface area contributed by atoms with Gasteiger partial charge in [0.05, 0.1) is 24.5 Å². The van der Waals surface area contributed by atoms with E-state index < -0.39 is 0 Å². The van der Waals surface area contributed by atoms with Crippen molar-refractivity contribution in [3.8, 4) is 0 Å². The Morgan fingerprint density at radius 1 is 1.18 bits per heavy atom. The second-order valence-electron chi connectivity index (χ2n) is 6.37. The Balaban J connectivity index is 1.71. The van der Waals surface area contributed by atoms with Crippen LogP contribution in [-0.2, 0) is 4.74 Å². The molecule has 144 valence electrons. The zero-order chi connectivity index (χ0) is 19.5. The van der Waals surface area contributed by atoms with E-state index in [-0.39, 0.29) is 11.9 Å². The molecule has 0 bridgehead atoms. The van der Waals surface area contributed by atoms with Crippen LogP contribution in [0.3, 0.4) is 0 Å². The van der Waals surface area contributed by atoms with E-state index in [1.807, 2.05) is 13.0 Å². The molecule has 1 aromatic carbocycles. The van der Waals surface area contributed by atoms with Crippen LogP contribution in [0.25, 0.3) is 22.1 Å². The third-order valence-corrected chi connectivity index (χ3v) is 4.44. The predicted octanol–water partition coefficient (Wildman–Crippen LogP) is 3.27. The van der Waals surface area contributed by atoms with Crippen LogP contribution in [0, 0.1) is 5.82 Å². The Morgan fingerprint density at radius 2 is 2.07 bits per heavy atom. The zero-order valence-corrected chi connectivity index (χ0v) is 15.5. The lowest BCUT2D eigenvalue weighted by Crippen LogP contribution is -2.15. The van der Waals surface area contributed by atoms with E-state index >= 15 is 0 Å². The summed E-state index contributed by atoms with van der Waals surface area (Å²) in [4.78, 5) is 20.3. The molecule has 0 saturated carbocycles. The molecular formula is C19H20FN7O. The van der Waals surface area contributed by atoms with Crippen LogP contribution in [0.1, 0.15) is 18.5 Å².